The lowest BCUT2D eigenvalue weighted by Gasteiger charge is -2.18. The predicted molar refractivity (Wildman–Crippen MR) is 77.9 cm³/mol. The van der Waals surface area contributed by atoms with Gasteiger partial charge in [-0.05, 0) is 37.3 Å². The molecule has 112 valence electrons. The van der Waals surface area contributed by atoms with Crippen molar-refractivity contribution in [3.63, 3.8) is 0 Å². The molecular formula is C14H23N3O3. The molecule has 0 radical (unpaired) electrons. The summed E-state index contributed by atoms with van der Waals surface area (Å²) in [7, 11) is 1.63. The van der Waals surface area contributed by atoms with Gasteiger partial charge in [0.25, 0.3) is 0 Å². The van der Waals surface area contributed by atoms with Crippen LogP contribution < -0.4 is 15.8 Å². The fourth-order valence-electron chi connectivity index (χ4n) is 1.89. The summed E-state index contributed by atoms with van der Waals surface area (Å²) in [5, 5.41) is 12.3. The zero-order valence-corrected chi connectivity index (χ0v) is 11.8. The second-order valence-electron chi connectivity index (χ2n) is 5.15. The molecule has 1 unspecified atom stereocenters. The number of nitrogens with two attached hydrogens (primary N) is 1. The van der Waals surface area contributed by atoms with E-state index in [1.54, 1.807) is 19.2 Å². The van der Waals surface area contributed by atoms with Crippen LogP contribution in [-0.2, 0) is 4.74 Å². The van der Waals surface area contributed by atoms with Gasteiger partial charge in [-0.2, -0.15) is 4.98 Å². The molecule has 0 spiro atoms. The summed E-state index contributed by atoms with van der Waals surface area (Å²) in [6.45, 7) is 1.28. The molecule has 1 atom stereocenters. The van der Waals surface area contributed by atoms with Gasteiger partial charge in [0.05, 0.1) is 24.9 Å². The molecule has 1 heterocycles. The van der Waals surface area contributed by atoms with Crippen LogP contribution in [-0.4, -0.2) is 43.1 Å². The molecule has 0 aromatic carbocycles. The first kappa shape index (κ1) is 14.9. The molecule has 0 bridgehead atoms. The van der Waals surface area contributed by atoms with Gasteiger partial charge < -0.3 is 25.6 Å². The summed E-state index contributed by atoms with van der Waals surface area (Å²) in [6, 6.07) is 3.59. The number of methoxy groups -OCH3 is 1. The number of aliphatic hydroxyl groups excluding tert-OH is 1. The Balaban J connectivity index is 1.96. The molecular weight excluding hydrogens is 258 g/mol. The molecule has 1 aliphatic rings. The molecule has 6 nitrogen and oxygen atoms in total. The van der Waals surface area contributed by atoms with E-state index in [0.29, 0.717) is 42.9 Å². The fourth-order valence-corrected chi connectivity index (χ4v) is 1.89. The highest BCUT2D eigenvalue weighted by Gasteiger charge is 2.22. The SMILES string of the molecule is COCC(CCO)Nc1ccc(N)c(OCC2CC2)n1. The van der Waals surface area contributed by atoms with Crippen molar-refractivity contribution in [2.24, 2.45) is 5.92 Å². The number of hydrogen-bond donors (Lipinski definition) is 3. The standard InChI is InChI=1S/C14H23N3O3/c1-19-9-11(6-7-18)16-13-5-4-12(15)14(17-13)20-8-10-2-3-10/h4-5,10-11,18H,2-3,6-9,15H2,1H3,(H,16,17). The fraction of sp³-hybridized carbons (Fsp3) is 0.643. The molecule has 0 amide bonds. The molecule has 4 N–H and O–H groups in total. The number of aromatic nitrogens is 1. The van der Waals surface area contributed by atoms with E-state index in [-0.39, 0.29) is 12.6 Å². The summed E-state index contributed by atoms with van der Waals surface area (Å²) in [4.78, 5) is 4.38. The van der Waals surface area contributed by atoms with Crippen LogP contribution in [0.2, 0.25) is 0 Å². The average Bonchev–Trinajstić information content (AvgIpc) is 3.24. The zero-order chi connectivity index (χ0) is 14.4. The van der Waals surface area contributed by atoms with E-state index in [2.05, 4.69) is 10.3 Å². The van der Waals surface area contributed by atoms with E-state index in [1.165, 1.54) is 12.8 Å². The number of aliphatic hydroxyl groups is 1. The Morgan fingerprint density at radius 1 is 1.50 bits per heavy atom. The average molecular weight is 281 g/mol. The smallest absolute Gasteiger partial charge is 0.239 e. The van der Waals surface area contributed by atoms with Crippen LogP contribution in [0.25, 0.3) is 0 Å². The highest BCUT2D eigenvalue weighted by Crippen LogP contribution is 2.30. The zero-order valence-electron chi connectivity index (χ0n) is 11.8. The first-order valence-corrected chi connectivity index (χ1v) is 6.98. The van der Waals surface area contributed by atoms with Crippen LogP contribution in [0.4, 0.5) is 11.5 Å². The number of pyridine rings is 1. The van der Waals surface area contributed by atoms with Gasteiger partial charge in [0, 0.05) is 13.7 Å². The van der Waals surface area contributed by atoms with Crippen molar-refractivity contribution < 1.29 is 14.6 Å². The van der Waals surface area contributed by atoms with Crippen LogP contribution >= 0.6 is 0 Å². The maximum absolute atomic E-state index is 9.03. The minimum absolute atomic E-state index is 0.0115. The summed E-state index contributed by atoms with van der Waals surface area (Å²) in [6.07, 6.45) is 3.05. The van der Waals surface area contributed by atoms with Crippen molar-refractivity contribution in [2.75, 3.05) is 38.0 Å². The van der Waals surface area contributed by atoms with Crippen molar-refractivity contribution in [3.05, 3.63) is 12.1 Å². The van der Waals surface area contributed by atoms with Gasteiger partial charge in [-0.25, -0.2) is 0 Å². The van der Waals surface area contributed by atoms with Gasteiger partial charge in [0.15, 0.2) is 0 Å². The van der Waals surface area contributed by atoms with Gasteiger partial charge in [-0.3, -0.25) is 0 Å². The first-order valence-electron chi connectivity index (χ1n) is 6.98. The highest BCUT2D eigenvalue weighted by atomic mass is 16.5. The normalized spacial score (nSPS) is 15.9. The molecule has 1 aromatic heterocycles. The molecule has 1 fully saturated rings. The first-order chi connectivity index (χ1) is 9.72. The van der Waals surface area contributed by atoms with E-state index < -0.39 is 0 Å². The Bertz CT molecular complexity index is 418. The third kappa shape index (κ3) is 4.54. The van der Waals surface area contributed by atoms with Gasteiger partial charge in [0.1, 0.15) is 5.82 Å². The Morgan fingerprint density at radius 3 is 2.95 bits per heavy atom. The topological polar surface area (TPSA) is 89.6 Å². The maximum atomic E-state index is 9.03. The number of nitrogens with zero attached hydrogens (tertiary/aromatic N) is 1. The molecule has 20 heavy (non-hydrogen) atoms. The van der Waals surface area contributed by atoms with Crippen molar-refractivity contribution in [1.82, 2.24) is 4.98 Å². The van der Waals surface area contributed by atoms with Crippen LogP contribution in [0, 0.1) is 5.92 Å². The quantitative estimate of drug-likeness (QED) is 0.631. The Kier molecular flexibility index (Phi) is 5.43. The van der Waals surface area contributed by atoms with Crippen LogP contribution in [0.3, 0.4) is 0 Å². The maximum Gasteiger partial charge on any atom is 0.239 e. The van der Waals surface area contributed by atoms with Crippen LogP contribution in [0.5, 0.6) is 5.88 Å². The van der Waals surface area contributed by atoms with Crippen molar-refractivity contribution >= 4 is 11.5 Å². The van der Waals surface area contributed by atoms with E-state index in [1.807, 2.05) is 0 Å². The molecule has 0 saturated heterocycles. The number of nitrogens with one attached hydrogen (secondary N) is 1. The van der Waals surface area contributed by atoms with E-state index >= 15 is 0 Å². The Labute approximate surface area is 119 Å². The largest absolute Gasteiger partial charge is 0.476 e. The van der Waals surface area contributed by atoms with Crippen LogP contribution in [0.1, 0.15) is 19.3 Å². The number of nitrogen functional groups attached to an aromatic ring is 1. The van der Waals surface area contributed by atoms with E-state index in [9.17, 15) is 0 Å². The van der Waals surface area contributed by atoms with Crippen molar-refractivity contribution in [1.29, 1.82) is 0 Å². The third-order valence-corrected chi connectivity index (χ3v) is 3.24. The van der Waals surface area contributed by atoms with Gasteiger partial charge in [-0.15, -0.1) is 0 Å². The number of rotatable bonds is 9. The van der Waals surface area contributed by atoms with Crippen LogP contribution in [0.15, 0.2) is 12.1 Å². The molecule has 1 aromatic rings. The summed E-state index contributed by atoms with van der Waals surface area (Å²) in [5.41, 5.74) is 6.41. The summed E-state index contributed by atoms with van der Waals surface area (Å²) in [5.74, 6) is 1.81. The van der Waals surface area contributed by atoms with E-state index in [0.717, 1.165) is 0 Å². The van der Waals surface area contributed by atoms with Gasteiger partial charge >= 0.3 is 0 Å². The summed E-state index contributed by atoms with van der Waals surface area (Å²) < 4.78 is 10.8. The summed E-state index contributed by atoms with van der Waals surface area (Å²) >= 11 is 0. The lowest BCUT2D eigenvalue weighted by molar-refractivity contribution is 0.170. The lowest BCUT2D eigenvalue weighted by atomic mass is 10.2. The van der Waals surface area contributed by atoms with Gasteiger partial charge in [-0.1, -0.05) is 0 Å². The molecule has 2 rings (SSSR count). The van der Waals surface area contributed by atoms with Crippen molar-refractivity contribution in [2.45, 2.75) is 25.3 Å². The second-order valence-corrected chi connectivity index (χ2v) is 5.15. The third-order valence-electron chi connectivity index (χ3n) is 3.24. The predicted octanol–water partition coefficient (Wildman–Crippen LogP) is 1.26. The molecule has 1 saturated carbocycles. The minimum Gasteiger partial charge on any atom is -0.476 e. The minimum atomic E-state index is 0.0115. The number of ether oxygens (including phenoxy) is 2. The monoisotopic (exact) mass is 281 g/mol. The number of hydrogen-bond acceptors (Lipinski definition) is 6. The number of anilines is 2. The lowest BCUT2D eigenvalue weighted by Crippen LogP contribution is -2.26. The molecule has 6 heteroatoms. The van der Waals surface area contributed by atoms with E-state index in [4.69, 9.17) is 20.3 Å². The van der Waals surface area contributed by atoms with Crippen molar-refractivity contribution in [3.8, 4) is 5.88 Å². The van der Waals surface area contributed by atoms with Gasteiger partial charge in [0.2, 0.25) is 5.88 Å². The molecule has 1 aliphatic carbocycles. The molecule has 0 aliphatic heterocycles. The second kappa shape index (κ2) is 7.31. The Morgan fingerprint density at radius 2 is 2.30 bits per heavy atom. The highest BCUT2D eigenvalue weighted by molar-refractivity contribution is 5.53. The Hall–Kier alpha value is -1.53.